The van der Waals surface area contributed by atoms with Gasteiger partial charge in [-0.05, 0) is 30.3 Å². The lowest BCUT2D eigenvalue weighted by Crippen LogP contribution is -2.22. The fourth-order valence-corrected chi connectivity index (χ4v) is 3.75. The van der Waals surface area contributed by atoms with Crippen LogP contribution in [-0.2, 0) is 16.6 Å². The van der Waals surface area contributed by atoms with Crippen molar-refractivity contribution in [1.29, 1.82) is 0 Å². The van der Waals surface area contributed by atoms with Gasteiger partial charge in [-0.15, -0.1) is 0 Å². The van der Waals surface area contributed by atoms with E-state index in [0.717, 1.165) is 0 Å². The monoisotopic (exact) mass is 359 g/mol. The summed E-state index contributed by atoms with van der Waals surface area (Å²) in [5, 5.41) is 2.66. The molecule has 1 heterocycles. The summed E-state index contributed by atoms with van der Waals surface area (Å²) in [6, 6.07) is 10.7. The number of nitrogens with one attached hydrogen (secondary N) is 2. The smallest absolute Gasteiger partial charge is 0.261 e. The molecule has 0 radical (unpaired) electrons. The lowest BCUT2D eigenvalue weighted by Gasteiger charge is -2.13. The molecule has 0 aromatic heterocycles. The zero-order chi connectivity index (χ0) is 18.2. The van der Waals surface area contributed by atoms with E-state index < -0.39 is 10.0 Å². The van der Waals surface area contributed by atoms with Crippen LogP contribution < -0.4 is 10.0 Å². The summed E-state index contributed by atoms with van der Waals surface area (Å²) >= 11 is 0. The van der Waals surface area contributed by atoms with Gasteiger partial charge in [0.1, 0.15) is 0 Å². The maximum absolute atomic E-state index is 12.7. The number of benzene rings is 2. The Morgan fingerprint density at radius 3 is 2.60 bits per heavy atom. The van der Waals surface area contributed by atoms with Gasteiger partial charge in [-0.3, -0.25) is 14.3 Å². The van der Waals surface area contributed by atoms with Crippen molar-refractivity contribution in [3.8, 4) is 0 Å². The Morgan fingerprint density at radius 1 is 1.16 bits per heavy atom. The summed E-state index contributed by atoms with van der Waals surface area (Å²) in [4.78, 5) is 25.1. The molecule has 1 aliphatic heterocycles. The highest BCUT2D eigenvalue weighted by Crippen LogP contribution is 2.26. The fourth-order valence-electron chi connectivity index (χ4n) is 2.61. The molecule has 25 heavy (non-hydrogen) atoms. The summed E-state index contributed by atoms with van der Waals surface area (Å²) in [7, 11) is -0.701. The van der Waals surface area contributed by atoms with Gasteiger partial charge in [0, 0.05) is 37.3 Å². The number of hydrogen-bond acceptors (Lipinski definition) is 4. The molecule has 0 aliphatic carbocycles. The Kier molecular flexibility index (Phi) is 4.22. The van der Waals surface area contributed by atoms with E-state index in [4.69, 9.17) is 0 Å². The van der Waals surface area contributed by atoms with Crippen molar-refractivity contribution < 1.29 is 18.0 Å². The minimum Gasteiger partial charge on any atom is -0.348 e. The van der Waals surface area contributed by atoms with Crippen LogP contribution in [0.15, 0.2) is 47.4 Å². The maximum atomic E-state index is 12.7. The Labute approximate surface area is 145 Å². The van der Waals surface area contributed by atoms with Crippen LogP contribution >= 0.6 is 0 Å². The highest BCUT2D eigenvalue weighted by molar-refractivity contribution is 7.92. The average molecular weight is 359 g/mol. The first kappa shape index (κ1) is 17.0. The van der Waals surface area contributed by atoms with E-state index in [-0.39, 0.29) is 28.8 Å². The molecular formula is C17H17N3O4S. The second-order valence-electron chi connectivity index (χ2n) is 5.85. The van der Waals surface area contributed by atoms with Crippen molar-refractivity contribution in [3.05, 3.63) is 59.2 Å². The Balaban J connectivity index is 1.95. The molecule has 0 saturated carbocycles. The third-order valence-electron chi connectivity index (χ3n) is 3.89. The average Bonchev–Trinajstić information content (AvgIpc) is 2.96. The molecule has 1 aliphatic rings. The molecule has 0 atom stereocenters. The standard InChI is InChI=1S/C17H17N3O4S/c1-20(2)17(22)11-5-3-6-12(9-11)25(23,24)19-15-8-4-7-13-14(15)10-18-16(13)21/h3-9,19H,10H2,1-2H3,(H,18,21). The van der Waals surface area contributed by atoms with Crippen molar-refractivity contribution in [2.45, 2.75) is 11.4 Å². The van der Waals surface area contributed by atoms with Crippen molar-refractivity contribution in [3.63, 3.8) is 0 Å². The van der Waals surface area contributed by atoms with Gasteiger partial charge in [0.25, 0.3) is 21.8 Å². The molecule has 0 bridgehead atoms. The van der Waals surface area contributed by atoms with Crippen molar-refractivity contribution >= 4 is 27.5 Å². The first-order valence-electron chi connectivity index (χ1n) is 7.54. The number of nitrogens with zero attached hydrogens (tertiary/aromatic N) is 1. The molecule has 0 unspecified atom stereocenters. The Hall–Kier alpha value is -2.87. The van der Waals surface area contributed by atoms with E-state index in [0.29, 0.717) is 16.8 Å². The van der Waals surface area contributed by atoms with E-state index in [1.165, 1.54) is 23.1 Å². The number of anilines is 1. The number of sulfonamides is 1. The van der Waals surface area contributed by atoms with Gasteiger partial charge in [-0.1, -0.05) is 12.1 Å². The van der Waals surface area contributed by atoms with E-state index in [1.54, 1.807) is 38.4 Å². The number of hydrogen-bond donors (Lipinski definition) is 2. The summed E-state index contributed by atoms with van der Waals surface area (Å²) in [5.41, 5.74) is 1.69. The van der Waals surface area contributed by atoms with Gasteiger partial charge in [0.2, 0.25) is 0 Å². The first-order valence-corrected chi connectivity index (χ1v) is 9.02. The van der Waals surface area contributed by atoms with Crippen LogP contribution in [0.5, 0.6) is 0 Å². The van der Waals surface area contributed by atoms with Crippen LogP contribution in [-0.4, -0.2) is 39.2 Å². The molecule has 0 spiro atoms. The second-order valence-corrected chi connectivity index (χ2v) is 7.53. The molecule has 7 nitrogen and oxygen atoms in total. The van der Waals surface area contributed by atoms with E-state index in [9.17, 15) is 18.0 Å². The van der Waals surface area contributed by atoms with Crippen LogP contribution in [0.4, 0.5) is 5.69 Å². The molecule has 0 fully saturated rings. The van der Waals surface area contributed by atoms with Gasteiger partial charge in [0.15, 0.2) is 0 Å². The van der Waals surface area contributed by atoms with E-state index in [1.807, 2.05) is 0 Å². The topological polar surface area (TPSA) is 95.6 Å². The van der Waals surface area contributed by atoms with Gasteiger partial charge in [0.05, 0.1) is 10.6 Å². The quantitative estimate of drug-likeness (QED) is 0.863. The molecule has 3 rings (SSSR count). The Bertz CT molecular complexity index is 968. The molecule has 8 heteroatoms. The number of carbonyl (C=O) groups excluding carboxylic acids is 2. The molecular weight excluding hydrogens is 342 g/mol. The highest BCUT2D eigenvalue weighted by Gasteiger charge is 2.24. The minimum absolute atomic E-state index is 0.0184. The lowest BCUT2D eigenvalue weighted by molar-refractivity contribution is 0.0827. The minimum atomic E-state index is -3.89. The molecule has 0 saturated heterocycles. The van der Waals surface area contributed by atoms with Crippen LogP contribution in [0.3, 0.4) is 0 Å². The Morgan fingerprint density at radius 2 is 1.88 bits per heavy atom. The SMILES string of the molecule is CN(C)C(=O)c1cccc(S(=O)(=O)Nc2cccc3c2CNC3=O)c1. The number of rotatable bonds is 4. The maximum Gasteiger partial charge on any atom is 0.261 e. The zero-order valence-corrected chi connectivity index (χ0v) is 14.6. The van der Waals surface area contributed by atoms with Crippen LogP contribution in [0, 0.1) is 0 Å². The first-order chi connectivity index (χ1) is 11.8. The van der Waals surface area contributed by atoms with Crippen LogP contribution in [0.25, 0.3) is 0 Å². The molecule has 2 N–H and O–H groups in total. The van der Waals surface area contributed by atoms with Crippen molar-refractivity contribution in [2.24, 2.45) is 0 Å². The number of fused-ring (bicyclic) bond motifs is 1. The third kappa shape index (κ3) is 3.20. The van der Waals surface area contributed by atoms with Crippen molar-refractivity contribution in [1.82, 2.24) is 10.2 Å². The molecule has 130 valence electrons. The zero-order valence-electron chi connectivity index (χ0n) is 13.7. The number of carbonyl (C=O) groups is 2. The second kappa shape index (κ2) is 6.21. The summed E-state index contributed by atoms with van der Waals surface area (Å²) in [5.74, 6) is -0.512. The summed E-state index contributed by atoms with van der Waals surface area (Å²) in [6.07, 6.45) is 0. The molecule has 2 amide bonds. The van der Waals surface area contributed by atoms with Gasteiger partial charge >= 0.3 is 0 Å². The van der Waals surface area contributed by atoms with Gasteiger partial charge < -0.3 is 10.2 Å². The number of amides is 2. The normalized spacial score (nSPS) is 13.1. The lowest BCUT2D eigenvalue weighted by atomic mass is 10.1. The fraction of sp³-hybridized carbons (Fsp3) is 0.176. The van der Waals surface area contributed by atoms with Crippen LogP contribution in [0.1, 0.15) is 26.3 Å². The van der Waals surface area contributed by atoms with Crippen LogP contribution in [0.2, 0.25) is 0 Å². The van der Waals surface area contributed by atoms with Gasteiger partial charge in [-0.2, -0.15) is 0 Å². The van der Waals surface area contributed by atoms with E-state index in [2.05, 4.69) is 10.0 Å². The molecule has 2 aromatic carbocycles. The predicted octanol–water partition coefficient (Wildman–Crippen LogP) is 1.43. The predicted molar refractivity (Wildman–Crippen MR) is 92.9 cm³/mol. The summed E-state index contributed by atoms with van der Waals surface area (Å²) < 4.78 is 27.9. The summed E-state index contributed by atoms with van der Waals surface area (Å²) in [6.45, 7) is 0.270. The molecule has 2 aromatic rings. The third-order valence-corrected chi connectivity index (χ3v) is 5.25. The largest absolute Gasteiger partial charge is 0.348 e. The van der Waals surface area contributed by atoms with Crippen molar-refractivity contribution in [2.75, 3.05) is 18.8 Å². The van der Waals surface area contributed by atoms with Gasteiger partial charge in [-0.25, -0.2) is 8.42 Å². The highest BCUT2D eigenvalue weighted by atomic mass is 32.2. The van der Waals surface area contributed by atoms with E-state index >= 15 is 0 Å².